The number of aliphatic hydroxyl groups is 2. The number of carbonyl (C=O) groups is 4. The Bertz CT molecular complexity index is 1020. The maximum Gasteiger partial charge on any atom is 0.437 e. The third-order valence-electron chi connectivity index (χ3n) is 7.27. The molecule has 10 nitrogen and oxygen atoms in total. The molecule has 22 heteroatoms. The summed E-state index contributed by atoms with van der Waals surface area (Å²) in [6.45, 7) is 1.52. The van der Waals surface area contributed by atoms with Crippen LogP contribution in [0.4, 0.5) is 52.7 Å². The minimum absolute atomic E-state index is 0.00390. The molecule has 1 aliphatic carbocycles. The average Bonchev–Trinajstić information content (AvgIpc) is 2.86. The number of carbonyl (C=O) groups excluding carboxylic acids is 4. The lowest BCUT2D eigenvalue weighted by Crippen LogP contribution is -2.63. The smallest absolute Gasteiger partial charge is 0.437 e. The highest BCUT2D eigenvalue weighted by atomic mass is 19.4. The van der Waals surface area contributed by atoms with Crippen molar-refractivity contribution in [3.8, 4) is 0 Å². The molecule has 0 aromatic rings. The molecule has 2 N–H and O–H groups in total. The Balaban J connectivity index is 2.88. The third kappa shape index (κ3) is 8.65. The standard InChI is InChI=1S/C24H28F12O10/c1-17(2,45-13(37)9-43-15(39)19(41,21(25,26)27)22(28,29)30)11-6-5-7-12(8-11)18(3,4)46-14(38)10-44-16(40)20(42,23(31,32)33)24(34,35)36/h11-12,41-42H,5-10H2,1-4H3. The van der Waals surface area contributed by atoms with Gasteiger partial charge in [0.2, 0.25) is 0 Å². The molecule has 1 saturated carbocycles. The fourth-order valence-corrected chi connectivity index (χ4v) is 4.51. The number of hydrogen-bond donors (Lipinski definition) is 2. The van der Waals surface area contributed by atoms with E-state index >= 15 is 0 Å². The maximum absolute atomic E-state index is 12.8. The van der Waals surface area contributed by atoms with Crippen molar-refractivity contribution in [1.82, 2.24) is 0 Å². The zero-order chi connectivity index (χ0) is 36.5. The first-order chi connectivity index (χ1) is 20.3. The molecule has 0 heterocycles. The van der Waals surface area contributed by atoms with E-state index in [0.717, 1.165) is 0 Å². The normalized spacial score (nSPS) is 19.3. The molecule has 0 radical (unpaired) electrons. The Morgan fingerprint density at radius 3 is 1.07 bits per heavy atom. The predicted octanol–water partition coefficient (Wildman–Crippen LogP) is 4.23. The van der Waals surface area contributed by atoms with Gasteiger partial charge in [0, 0.05) is 0 Å². The number of ether oxygens (including phenoxy) is 4. The predicted molar refractivity (Wildman–Crippen MR) is 122 cm³/mol. The van der Waals surface area contributed by atoms with Crippen molar-refractivity contribution in [3.63, 3.8) is 0 Å². The van der Waals surface area contributed by atoms with Crippen LogP contribution in [0.3, 0.4) is 0 Å². The second-order valence-electron chi connectivity index (χ2n) is 11.3. The molecule has 2 atom stereocenters. The second-order valence-corrected chi connectivity index (χ2v) is 11.3. The second kappa shape index (κ2) is 13.2. The van der Waals surface area contributed by atoms with Crippen LogP contribution in [0.25, 0.3) is 0 Å². The highest BCUT2D eigenvalue weighted by Crippen LogP contribution is 2.46. The Hall–Kier alpha value is -3.04. The fourth-order valence-electron chi connectivity index (χ4n) is 4.51. The number of rotatable bonds is 10. The highest BCUT2D eigenvalue weighted by molar-refractivity contribution is 5.84. The van der Waals surface area contributed by atoms with Gasteiger partial charge in [-0.15, -0.1) is 0 Å². The van der Waals surface area contributed by atoms with Crippen molar-refractivity contribution < 1.29 is 101 Å². The SMILES string of the molecule is CC(C)(OC(=O)COC(=O)C(O)(C(F)(F)F)C(F)(F)F)C1CCCC(C(C)(C)OC(=O)COC(=O)C(O)(C(F)(F)F)C(F)(F)F)C1. The van der Waals surface area contributed by atoms with Crippen LogP contribution < -0.4 is 0 Å². The van der Waals surface area contributed by atoms with Crippen LogP contribution in [0.2, 0.25) is 0 Å². The minimum Gasteiger partial charge on any atom is -0.457 e. The lowest BCUT2D eigenvalue weighted by Gasteiger charge is -2.44. The van der Waals surface area contributed by atoms with Crippen molar-refractivity contribution in [1.29, 1.82) is 0 Å². The summed E-state index contributed by atoms with van der Waals surface area (Å²) in [4.78, 5) is 47.3. The topological polar surface area (TPSA) is 146 Å². The Morgan fingerprint density at radius 2 is 0.826 bits per heavy atom. The van der Waals surface area contributed by atoms with Gasteiger partial charge in [0.15, 0.2) is 13.2 Å². The Morgan fingerprint density at radius 1 is 0.565 bits per heavy atom. The monoisotopic (exact) mass is 704 g/mol. The maximum atomic E-state index is 12.8. The van der Waals surface area contributed by atoms with Gasteiger partial charge in [0.1, 0.15) is 11.2 Å². The van der Waals surface area contributed by atoms with Gasteiger partial charge in [-0.2, -0.15) is 52.7 Å². The summed E-state index contributed by atoms with van der Waals surface area (Å²) in [7, 11) is 0. The summed E-state index contributed by atoms with van der Waals surface area (Å²) in [6.07, 6.45) is -25.4. The molecule has 0 aromatic carbocycles. The lowest BCUT2D eigenvalue weighted by molar-refractivity contribution is -0.357. The molecule has 46 heavy (non-hydrogen) atoms. The van der Waals surface area contributed by atoms with Gasteiger partial charge in [0.05, 0.1) is 0 Å². The first-order valence-electron chi connectivity index (χ1n) is 12.8. The molecule has 0 aliphatic heterocycles. The zero-order valence-corrected chi connectivity index (χ0v) is 24.1. The summed E-state index contributed by atoms with van der Waals surface area (Å²) in [6, 6.07) is 0. The van der Waals surface area contributed by atoms with Crippen LogP contribution in [-0.2, 0) is 38.1 Å². The van der Waals surface area contributed by atoms with E-state index in [-0.39, 0.29) is 19.3 Å². The molecule has 1 aliphatic rings. The van der Waals surface area contributed by atoms with Crippen LogP contribution in [0, 0.1) is 11.8 Å². The van der Waals surface area contributed by atoms with E-state index in [1.807, 2.05) is 0 Å². The largest absolute Gasteiger partial charge is 0.457 e. The van der Waals surface area contributed by atoms with E-state index in [1.165, 1.54) is 27.7 Å². The van der Waals surface area contributed by atoms with Crippen LogP contribution in [0.15, 0.2) is 0 Å². The molecule has 0 aromatic heterocycles. The van der Waals surface area contributed by atoms with Crippen molar-refractivity contribution in [2.24, 2.45) is 11.8 Å². The van der Waals surface area contributed by atoms with Gasteiger partial charge in [-0.25, -0.2) is 19.2 Å². The van der Waals surface area contributed by atoms with Crippen LogP contribution in [0.1, 0.15) is 53.4 Å². The Labute approximate surface area is 251 Å². The fraction of sp³-hybridized carbons (Fsp3) is 0.833. The molecule has 0 saturated heterocycles. The summed E-state index contributed by atoms with van der Waals surface area (Å²) in [5.74, 6) is -11.1. The first-order valence-corrected chi connectivity index (χ1v) is 12.8. The molecule has 0 amide bonds. The molecule has 2 unspecified atom stereocenters. The van der Waals surface area contributed by atoms with Crippen molar-refractivity contribution in [2.75, 3.05) is 13.2 Å². The number of hydrogen-bond acceptors (Lipinski definition) is 10. The molecular formula is C24H28F12O10. The number of alkyl halides is 12. The molecule has 268 valence electrons. The third-order valence-corrected chi connectivity index (χ3v) is 7.27. The van der Waals surface area contributed by atoms with E-state index in [1.54, 1.807) is 0 Å². The van der Waals surface area contributed by atoms with E-state index in [2.05, 4.69) is 9.47 Å². The van der Waals surface area contributed by atoms with E-state index < -0.39 is 96.0 Å². The summed E-state index contributed by atoms with van der Waals surface area (Å²) < 4.78 is 171. The van der Waals surface area contributed by atoms with Crippen molar-refractivity contribution >= 4 is 23.9 Å². The summed E-state index contributed by atoms with van der Waals surface area (Å²) >= 11 is 0. The highest BCUT2D eigenvalue weighted by Gasteiger charge is 2.77. The minimum atomic E-state index is -6.56. The molecule has 0 bridgehead atoms. The molecule has 0 spiro atoms. The van der Waals surface area contributed by atoms with Crippen LogP contribution in [-0.4, -0.2) is 94.4 Å². The average molecular weight is 704 g/mol. The van der Waals surface area contributed by atoms with Crippen molar-refractivity contribution in [2.45, 2.75) is 100 Å². The van der Waals surface area contributed by atoms with Gasteiger partial charge in [-0.3, -0.25) is 0 Å². The van der Waals surface area contributed by atoms with Crippen molar-refractivity contribution in [3.05, 3.63) is 0 Å². The van der Waals surface area contributed by atoms with Gasteiger partial charge in [-0.1, -0.05) is 6.42 Å². The molecular weight excluding hydrogens is 676 g/mol. The van der Waals surface area contributed by atoms with Gasteiger partial charge < -0.3 is 29.2 Å². The van der Waals surface area contributed by atoms with E-state index in [9.17, 15) is 71.9 Å². The van der Waals surface area contributed by atoms with Gasteiger partial charge in [-0.05, 0) is 58.8 Å². The number of esters is 4. The number of halogens is 12. The zero-order valence-electron chi connectivity index (χ0n) is 24.1. The van der Waals surface area contributed by atoms with Gasteiger partial charge in [0.25, 0.3) is 0 Å². The lowest BCUT2D eigenvalue weighted by atomic mass is 9.69. The van der Waals surface area contributed by atoms with E-state index in [4.69, 9.17) is 19.7 Å². The molecule has 1 rings (SSSR count). The van der Waals surface area contributed by atoms with Crippen LogP contribution >= 0.6 is 0 Å². The van der Waals surface area contributed by atoms with E-state index in [0.29, 0.717) is 6.42 Å². The van der Waals surface area contributed by atoms with Gasteiger partial charge >= 0.3 is 59.8 Å². The molecule has 1 fully saturated rings. The summed E-state index contributed by atoms with van der Waals surface area (Å²) in [5, 5.41) is 18.0. The van der Waals surface area contributed by atoms with Crippen LogP contribution in [0.5, 0.6) is 0 Å². The first kappa shape index (κ1) is 41.0. The quantitative estimate of drug-likeness (QED) is 0.193. The summed E-state index contributed by atoms with van der Waals surface area (Å²) in [5.41, 5.74) is -15.0. The Kier molecular flexibility index (Phi) is 11.8.